The van der Waals surface area contributed by atoms with E-state index in [1.165, 1.54) is 4.90 Å². The highest BCUT2D eigenvalue weighted by molar-refractivity contribution is 5.73. The number of carbonyl (C=O) groups is 1. The number of nitrogens with one attached hydrogen (secondary N) is 1. The standard InChI is InChI=1S/C13H18F2N2O2/c1-9(18)8-17(2)13(19)16-6-5-10-7-11(14)3-4-12(10)15/h3-4,7,9,18H,5-6,8H2,1-2H3,(H,16,19). The summed E-state index contributed by atoms with van der Waals surface area (Å²) >= 11 is 0. The summed E-state index contributed by atoms with van der Waals surface area (Å²) in [7, 11) is 1.55. The van der Waals surface area contributed by atoms with Crippen molar-refractivity contribution in [1.82, 2.24) is 10.2 Å². The maximum Gasteiger partial charge on any atom is 0.317 e. The maximum absolute atomic E-state index is 13.3. The first kappa shape index (κ1) is 15.4. The van der Waals surface area contributed by atoms with Crippen LogP contribution < -0.4 is 5.32 Å². The van der Waals surface area contributed by atoms with Crippen LogP contribution in [0.5, 0.6) is 0 Å². The highest BCUT2D eigenvalue weighted by Crippen LogP contribution is 2.09. The lowest BCUT2D eigenvalue weighted by atomic mass is 10.1. The monoisotopic (exact) mass is 272 g/mol. The first-order valence-electron chi connectivity index (χ1n) is 6.01. The number of amides is 2. The molecule has 1 unspecified atom stereocenters. The zero-order chi connectivity index (χ0) is 14.4. The zero-order valence-corrected chi connectivity index (χ0v) is 11.0. The number of likely N-dealkylation sites (N-methyl/N-ethyl adjacent to an activating group) is 1. The van der Waals surface area contributed by atoms with E-state index in [0.717, 1.165) is 18.2 Å². The molecule has 2 N–H and O–H groups in total. The van der Waals surface area contributed by atoms with E-state index in [-0.39, 0.29) is 31.1 Å². The van der Waals surface area contributed by atoms with Crippen molar-refractivity contribution in [3.05, 3.63) is 35.4 Å². The van der Waals surface area contributed by atoms with E-state index in [1.807, 2.05) is 0 Å². The van der Waals surface area contributed by atoms with Crippen LogP contribution in [0.2, 0.25) is 0 Å². The molecule has 0 heterocycles. The average Bonchev–Trinajstić information content (AvgIpc) is 2.32. The molecular formula is C13H18F2N2O2. The van der Waals surface area contributed by atoms with E-state index >= 15 is 0 Å². The largest absolute Gasteiger partial charge is 0.392 e. The molecule has 0 saturated carbocycles. The lowest BCUT2D eigenvalue weighted by Crippen LogP contribution is -2.41. The van der Waals surface area contributed by atoms with Crippen molar-refractivity contribution in [3.8, 4) is 0 Å². The smallest absolute Gasteiger partial charge is 0.317 e. The maximum atomic E-state index is 13.3. The van der Waals surface area contributed by atoms with Crippen LogP contribution >= 0.6 is 0 Å². The van der Waals surface area contributed by atoms with Gasteiger partial charge < -0.3 is 15.3 Å². The number of benzene rings is 1. The second-order valence-corrected chi connectivity index (χ2v) is 4.45. The molecule has 0 radical (unpaired) electrons. The molecule has 0 aliphatic heterocycles. The molecule has 0 aliphatic carbocycles. The van der Waals surface area contributed by atoms with Crippen LogP contribution in [0, 0.1) is 11.6 Å². The topological polar surface area (TPSA) is 52.6 Å². The minimum atomic E-state index is -0.614. The summed E-state index contributed by atoms with van der Waals surface area (Å²) < 4.78 is 26.2. The molecule has 0 saturated heterocycles. The third-order valence-corrected chi connectivity index (χ3v) is 2.56. The Labute approximate surface area is 111 Å². The van der Waals surface area contributed by atoms with Gasteiger partial charge in [0.1, 0.15) is 11.6 Å². The van der Waals surface area contributed by atoms with Gasteiger partial charge in [0.15, 0.2) is 0 Å². The van der Waals surface area contributed by atoms with Crippen molar-refractivity contribution in [1.29, 1.82) is 0 Å². The number of hydrogen-bond acceptors (Lipinski definition) is 2. The molecule has 0 aromatic heterocycles. The predicted molar refractivity (Wildman–Crippen MR) is 67.8 cm³/mol. The lowest BCUT2D eigenvalue weighted by Gasteiger charge is -2.19. The van der Waals surface area contributed by atoms with E-state index in [9.17, 15) is 13.6 Å². The van der Waals surface area contributed by atoms with Crippen molar-refractivity contribution in [3.63, 3.8) is 0 Å². The molecule has 2 amide bonds. The van der Waals surface area contributed by atoms with Crippen LogP contribution in [-0.4, -0.2) is 42.3 Å². The molecule has 1 atom stereocenters. The van der Waals surface area contributed by atoms with E-state index in [2.05, 4.69) is 5.32 Å². The van der Waals surface area contributed by atoms with Gasteiger partial charge in [-0.3, -0.25) is 0 Å². The summed E-state index contributed by atoms with van der Waals surface area (Å²) in [5.41, 5.74) is 0.221. The molecule has 4 nitrogen and oxygen atoms in total. The molecule has 6 heteroatoms. The van der Waals surface area contributed by atoms with Crippen LogP contribution in [0.4, 0.5) is 13.6 Å². The SMILES string of the molecule is CC(O)CN(C)C(=O)NCCc1cc(F)ccc1F. The number of halogens is 2. The zero-order valence-electron chi connectivity index (χ0n) is 11.0. The summed E-state index contributed by atoms with van der Waals surface area (Å²) in [4.78, 5) is 12.9. The van der Waals surface area contributed by atoms with Crippen molar-refractivity contribution in [2.75, 3.05) is 20.1 Å². The molecule has 1 rings (SSSR count). The Balaban J connectivity index is 2.41. The van der Waals surface area contributed by atoms with Gasteiger partial charge in [0.25, 0.3) is 0 Å². The Morgan fingerprint density at radius 3 is 2.79 bits per heavy atom. The normalized spacial score (nSPS) is 12.1. The van der Waals surface area contributed by atoms with Gasteiger partial charge in [-0.1, -0.05) is 0 Å². The molecule has 1 aromatic rings. The van der Waals surface area contributed by atoms with Crippen LogP contribution in [-0.2, 0) is 6.42 Å². The molecule has 0 spiro atoms. The van der Waals surface area contributed by atoms with Crippen molar-refractivity contribution >= 4 is 6.03 Å². The van der Waals surface area contributed by atoms with E-state index in [4.69, 9.17) is 5.11 Å². The predicted octanol–water partition coefficient (Wildman–Crippen LogP) is 1.53. The third kappa shape index (κ3) is 5.21. The quantitative estimate of drug-likeness (QED) is 0.854. The molecular weight excluding hydrogens is 254 g/mol. The number of aliphatic hydroxyl groups is 1. The molecule has 0 aliphatic rings. The van der Waals surface area contributed by atoms with Gasteiger partial charge in [-0.15, -0.1) is 0 Å². The van der Waals surface area contributed by atoms with Crippen molar-refractivity contribution in [2.24, 2.45) is 0 Å². The first-order chi connectivity index (χ1) is 8.90. The molecule has 106 valence electrons. The summed E-state index contributed by atoms with van der Waals surface area (Å²) in [6.07, 6.45) is -0.408. The van der Waals surface area contributed by atoms with Gasteiger partial charge in [0.05, 0.1) is 6.10 Å². The highest BCUT2D eigenvalue weighted by atomic mass is 19.1. The summed E-state index contributed by atoms with van der Waals surface area (Å²) in [6.45, 7) is 1.98. The van der Waals surface area contributed by atoms with E-state index in [0.29, 0.717) is 0 Å². The van der Waals surface area contributed by atoms with Gasteiger partial charge in [0.2, 0.25) is 0 Å². The van der Waals surface area contributed by atoms with Crippen LogP contribution in [0.25, 0.3) is 0 Å². The van der Waals surface area contributed by atoms with E-state index in [1.54, 1.807) is 14.0 Å². The number of hydrogen-bond donors (Lipinski definition) is 2. The van der Waals surface area contributed by atoms with Crippen molar-refractivity contribution in [2.45, 2.75) is 19.4 Å². The highest BCUT2D eigenvalue weighted by Gasteiger charge is 2.10. The second-order valence-electron chi connectivity index (χ2n) is 4.45. The van der Waals surface area contributed by atoms with Gasteiger partial charge >= 0.3 is 6.03 Å². The van der Waals surface area contributed by atoms with Crippen molar-refractivity contribution < 1.29 is 18.7 Å². The van der Waals surface area contributed by atoms with Crippen LogP contribution in [0.1, 0.15) is 12.5 Å². The van der Waals surface area contributed by atoms with Gasteiger partial charge in [0, 0.05) is 20.1 Å². The Morgan fingerprint density at radius 2 is 2.16 bits per heavy atom. The third-order valence-electron chi connectivity index (χ3n) is 2.56. The van der Waals surface area contributed by atoms with Gasteiger partial charge in [-0.25, -0.2) is 13.6 Å². The Hall–Kier alpha value is -1.69. The summed E-state index contributed by atoms with van der Waals surface area (Å²) in [5.74, 6) is -0.998. The second kappa shape index (κ2) is 7.04. The molecule has 19 heavy (non-hydrogen) atoms. The number of urea groups is 1. The molecule has 0 fully saturated rings. The summed E-state index contributed by atoms with van der Waals surface area (Å²) in [6, 6.07) is 2.86. The number of carbonyl (C=O) groups excluding carboxylic acids is 1. The minimum absolute atomic E-state index is 0.198. The minimum Gasteiger partial charge on any atom is -0.392 e. The number of rotatable bonds is 5. The van der Waals surface area contributed by atoms with Crippen LogP contribution in [0.15, 0.2) is 18.2 Å². The fourth-order valence-corrected chi connectivity index (χ4v) is 1.65. The van der Waals surface area contributed by atoms with Gasteiger partial charge in [-0.05, 0) is 37.1 Å². The first-order valence-corrected chi connectivity index (χ1v) is 6.01. The lowest BCUT2D eigenvalue weighted by molar-refractivity contribution is 0.144. The fourth-order valence-electron chi connectivity index (χ4n) is 1.65. The number of aliphatic hydroxyl groups excluding tert-OH is 1. The number of nitrogens with zero attached hydrogens (tertiary/aromatic N) is 1. The molecule has 0 bridgehead atoms. The fraction of sp³-hybridized carbons (Fsp3) is 0.462. The Bertz CT molecular complexity index is 439. The summed E-state index contributed by atoms with van der Waals surface area (Å²) in [5, 5.41) is 11.7. The van der Waals surface area contributed by atoms with Gasteiger partial charge in [-0.2, -0.15) is 0 Å². The van der Waals surface area contributed by atoms with E-state index < -0.39 is 17.7 Å². The average molecular weight is 272 g/mol. The Kier molecular flexibility index (Phi) is 5.69. The Morgan fingerprint density at radius 1 is 1.47 bits per heavy atom. The molecule has 1 aromatic carbocycles. The van der Waals surface area contributed by atoms with Crippen LogP contribution in [0.3, 0.4) is 0 Å².